The lowest BCUT2D eigenvalue weighted by molar-refractivity contribution is -0.322. The van der Waals surface area contributed by atoms with Gasteiger partial charge in [-0.3, -0.25) is 4.79 Å². The molecule has 172 valence electrons. The molecule has 5 nitrogen and oxygen atoms in total. The normalized spacial score (nSPS) is 43.7. The summed E-state index contributed by atoms with van der Waals surface area (Å²) in [7, 11) is 0. The van der Waals surface area contributed by atoms with E-state index < -0.39 is 5.97 Å². The minimum atomic E-state index is -0.775. The molecule has 1 heterocycles. The molecule has 3 saturated carbocycles. The maximum Gasteiger partial charge on any atom is 0.317 e. The van der Waals surface area contributed by atoms with Crippen LogP contribution in [0.5, 0.6) is 0 Å². The lowest BCUT2D eigenvalue weighted by Gasteiger charge is -2.65. The molecule has 0 aromatic carbocycles. The van der Waals surface area contributed by atoms with Crippen molar-refractivity contribution < 1.29 is 19.4 Å². The second-order valence-electron chi connectivity index (χ2n) is 11.9. The molecule has 0 aromatic heterocycles. The fourth-order valence-electron chi connectivity index (χ4n) is 8.10. The molecule has 1 unspecified atom stereocenters. The highest BCUT2D eigenvalue weighted by molar-refractivity contribution is 5.68. The molecule has 0 spiro atoms. The van der Waals surface area contributed by atoms with Gasteiger partial charge in [-0.25, -0.2) is 0 Å². The smallest absolute Gasteiger partial charge is 0.317 e. The Morgan fingerprint density at radius 3 is 2.47 bits per heavy atom. The molecule has 0 amide bonds. The predicted octanol–water partition coefficient (Wildman–Crippen LogP) is 4.84. The molecular weight excluding hydrogens is 378 g/mol. The minimum absolute atomic E-state index is 0.0194. The van der Waals surface area contributed by atoms with E-state index in [0.29, 0.717) is 23.9 Å². The molecule has 0 radical (unpaired) electrons. The summed E-state index contributed by atoms with van der Waals surface area (Å²) in [6, 6.07) is 0. The standard InChI is InChI=1S/C25H43NO4/c1-23(2)12-9-19-24(3,18(23)11-14-26-15-21(27)28)13-10-20-25(19,4)16-29-22(30-20)17-7-5-6-8-17/h17-20,22,26H,5-16H2,1-4H3,(H,27,28)/t18-,19?,20-,22-,24+,25+/m1/s1. The summed E-state index contributed by atoms with van der Waals surface area (Å²) in [5.41, 5.74) is 0.623. The molecule has 4 aliphatic rings. The van der Waals surface area contributed by atoms with Gasteiger partial charge >= 0.3 is 5.97 Å². The summed E-state index contributed by atoms with van der Waals surface area (Å²) >= 11 is 0. The molecule has 1 saturated heterocycles. The van der Waals surface area contributed by atoms with Gasteiger partial charge in [-0.15, -0.1) is 0 Å². The molecule has 3 aliphatic carbocycles. The Kier molecular flexibility index (Phi) is 6.29. The Labute approximate surface area is 182 Å². The van der Waals surface area contributed by atoms with Crippen molar-refractivity contribution in [2.75, 3.05) is 19.7 Å². The van der Waals surface area contributed by atoms with Gasteiger partial charge in [0.2, 0.25) is 0 Å². The summed E-state index contributed by atoms with van der Waals surface area (Å²) in [6.45, 7) is 11.5. The average molecular weight is 422 g/mol. The Morgan fingerprint density at radius 1 is 1.03 bits per heavy atom. The predicted molar refractivity (Wildman–Crippen MR) is 117 cm³/mol. The Bertz CT molecular complexity index is 631. The Balaban J connectivity index is 1.49. The molecule has 4 fully saturated rings. The lowest BCUT2D eigenvalue weighted by Crippen LogP contribution is -2.63. The second kappa shape index (κ2) is 8.37. The first kappa shape index (κ1) is 22.5. The maximum absolute atomic E-state index is 10.9. The molecule has 30 heavy (non-hydrogen) atoms. The van der Waals surface area contributed by atoms with Crippen LogP contribution < -0.4 is 5.32 Å². The summed E-state index contributed by atoms with van der Waals surface area (Å²) in [6.07, 6.45) is 11.4. The van der Waals surface area contributed by atoms with Crippen LogP contribution in [0.4, 0.5) is 0 Å². The van der Waals surface area contributed by atoms with Crippen molar-refractivity contribution in [1.29, 1.82) is 0 Å². The van der Waals surface area contributed by atoms with Crippen LogP contribution >= 0.6 is 0 Å². The van der Waals surface area contributed by atoms with Crippen LogP contribution in [0.25, 0.3) is 0 Å². The van der Waals surface area contributed by atoms with E-state index in [1.54, 1.807) is 0 Å². The van der Waals surface area contributed by atoms with E-state index in [2.05, 4.69) is 33.0 Å². The quantitative estimate of drug-likeness (QED) is 0.601. The van der Waals surface area contributed by atoms with Crippen molar-refractivity contribution in [1.82, 2.24) is 5.32 Å². The van der Waals surface area contributed by atoms with Crippen LogP contribution in [0, 0.1) is 34.0 Å². The fraction of sp³-hybridized carbons (Fsp3) is 0.960. The van der Waals surface area contributed by atoms with E-state index in [1.807, 2.05) is 0 Å². The lowest BCUT2D eigenvalue weighted by atomic mass is 9.42. The molecule has 0 aromatic rings. The zero-order chi connectivity index (χ0) is 21.6. The van der Waals surface area contributed by atoms with Gasteiger partial charge in [0.15, 0.2) is 6.29 Å². The number of carboxylic acids is 1. The van der Waals surface area contributed by atoms with Crippen LogP contribution in [0.15, 0.2) is 0 Å². The Hall–Kier alpha value is -0.650. The van der Waals surface area contributed by atoms with Crippen LogP contribution in [0.3, 0.4) is 0 Å². The summed E-state index contributed by atoms with van der Waals surface area (Å²) in [5, 5.41) is 12.1. The van der Waals surface area contributed by atoms with Gasteiger partial charge in [0.25, 0.3) is 0 Å². The van der Waals surface area contributed by atoms with Gasteiger partial charge in [-0.1, -0.05) is 40.5 Å². The van der Waals surface area contributed by atoms with Crippen LogP contribution in [-0.2, 0) is 14.3 Å². The third kappa shape index (κ3) is 3.95. The molecule has 0 bridgehead atoms. The number of fused-ring (bicyclic) bond motifs is 3. The Morgan fingerprint density at radius 2 is 1.77 bits per heavy atom. The third-order valence-electron chi connectivity index (χ3n) is 9.62. The summed E-state index contributed by atoms with van der Waals surface area (Å²) in [4.78, 5) is 10.9. The monoisotopic (exact) mass is 421 g/mol. The largest absolute Gasteiger partial charge is 0.480 e. The third-order valence-corrected chi connectivity index (χ3v) is 9.62. The van der Waals surface area contributed by atoms with Gasteiger partial charge in [-0.2, -0.15) is 0 Å². The zero-order valence-corrected chi connectivity index (χ0v) is 19.5. The molecule has 5 heteroatoms. The summed E-state index contributed by atoms with van der Waals surface area (Å²) < 4.78 is 13.1. The highest BCUT2D eigenvalue weighted by Crippen LogP contribution is 2.66. The van der Waals surface area contributed by atoms with Gasteiger partial charge in [-0.05, 0) is 74.2 Å². The number of ether oxygens (including phenoxy) is 2. The number of nitrogens with one attached hydrogen (secondary N) is 1. The van der Waals surface area contributed by atoms with Gasteiger partial charge in [0, 0.05) is 11.3 Å². The first-order valence-electron chi connectivity index (χ1n) is 12.4. The highest BCUT2D eigenvalue weighted by Gasteiger charge is 2.62. The van der Waals surface area contributed by atoms with Crippen LogP contribution in [-0.4, -0.2) is 43.2 Å². The van der Waals surface area contributed by atoms with Crippen molar-refractivity contribution >= 4 is 5.97 Å². The summed E-state index contributed by atoms with van der Waals surface area (Å²) in [5.74, 6) is 1.01. The SMILES string of the molecule is CC1(C)CCC2[C@]3(C)CO[C@@H](C4CCCC4)O[C@@H]3CC[C@@]2(C)[C@@H]1CCNCC(=O)O. The first-order chi connectivity index (χ1) is 14.2. The number of carbonyl (C=O) groups is 1. The van der Waals surface area contributed by atoms with Crippen LogP contribution in [0.1, 0.15) is 85.5 Å². The number of aliphatic carboxylic acids is 1. The maximum atomic E-state index is 10.9. The molecule has 1 aliphatic heterocycles. The number of carboxylic acid groups (broad SMARTS) is 1. The zero-order valence-electron chi connectivity index (χ0n) is 19.5. The second-order valence-corrected chi connectivity index (χ2v) is 11.9. The van der Waals surface area contributed by atoms with E-state index in [1.165, 1.54) is 44.9 Å². The van der Waals surface area contributed by atoms with Gasteiger partial charge in [0.1, 0.15) is 0 Å². The first-order valence-corrected chi connectivity index (χ1v) is 12.4. The topological polar surface area (TPSA) is 67.8 Å². The van der Waals surface area contributed by atoms with E-state index in [0.717, 1.165) is 26.0 Å². The molecular formula is C25H43NO4. The van der Waals surface area contributed by atoms with E-state index in [9.17, 15) is 4.79 Å². The number of rotatable bonds is 6. The molecule has 4 rings (SSSR count). The van der Waals surface area contributed by atoms with E-state index in [-0.39, 0.29) is 29.1 Å². The minimum Gasteiger partial charge on any atom is -0.480 e. The van der Waals surface area contributed by atoms with Gasteiger partial charge < -0.3 is 19.9 Å². The molecule has 6 atom stereocenters. The van der Waals surface area contributed by atoms with Crippen molar-refractivity contribution in [2.24, 2.45) is 34.0 Å². The van der Waals surface area contributed by atoms with E-state index in [4.69, 9.17) is 14.6 Å². The van der Waals surface area contributed by atoms with Crippen molar-refractivity contribution in [2.45, 2.75) is 97.9 Å². The number of hydrogen-bond acceptors (Lipinski definition) is 4. The van der Waals surface area contributed by atoms with Crippen LogP contribution in [0.2, 0.25) is 0 Å². The average Bonchev–Trinajstić information content (AvgIpc) is 3.20. The van der Waals surface area contributed by atoms with Crippen molar-refractivity contribution in [3.05, 3.63) is 0 Å². The fourth-order valence-corrected chi connectivity index (χ4v) is 8.10. The van der Waals surface area contributed by atoms with Gasteiger partial charge in [0.05, 0.1) is 19.3 Å². The van der Waals surface area contributed by atoms with Crippen molar-refractivity contribution in [3.8, 4) is 0 Å². The molecule has 2 N–H and O–H groups in total. The van der Waals surface area contributed by atoms with Crippen molar-refractivity contribution in [3.63, 3.8) is 0 Å². The number of hydrogen-bond donors (Lipinski definition) is 2. The van der Waals surface area contributed by atoms with E-state index >= 15 is 0 Å². The highest BCUT2D eigenvalue weighted by atomic mass is 16.7.